The van der Waals surface area contributed by atoms with Crippen molar-refractivity contribution < 1.29 is 9.47 Å². The van der Waals surface area contributed by atoms with Crippen LogP contribution in [0.3, 0.4) is 0 Å². The van der Waals surface area contributed by atoms with Crippen LogP contribution < -0.4 is 9.64 Å². The molecule has 0 aromatic heterocycles. The first-order valence-electron chi connectivity index (χ1n) is 5.45. The normalized spacial score (nSPS) is 19.4. The Morgan fingerprint density at radius 1 is 1.41 bits per heavy atom. The van der Waals surface area contributed by atoms with Crippen LogP contribution in [0, 0.1) is 5.41 Å². The summed E-state index contributed by atoms with van der Waals surface area (Å²) in [4.78, 5) is 2.23. The molecule has 1 atom stereocenters. The first kappa shape index (κ1) is 11.9. The molecule has 0 aliphatic carbocycles. The largest absolute Gasteiger partial charge is 0.494 e. The van der Waals surface area contributed by atoms with Gasteiger partial charge < -0.3 is 9.47 Å². The Morgan fingerprint density at radius 2 is 2.06 bits per heavy atom. The topological polar surface area (TPSA) is 45.5 Å². The van der Waals surface area contributed by atoms with E-state index >= 15 is 0 Å². The lowest BCUT2D eigenvalue weighted by Crippen LogP contribution is -2.30. The van der Waals surface area contributed by atoms with Crippen LogP contribution in [0.5, 0.6) is 5.75 Å². The third kappa shape index (κ3) is 2.24. The van der Waals surface area contributed by atoms with Crippen molar-refractivity contribution in [1.82, 2.24) is 0 Å². The first-order valence-corrected chi connectivity index (χ1v) is 5.86. The van der Waals surface area contributed by atoms with Gasteiger partial charge in [0.05, 0.1) is 6.61 Å². The highest BCUT2D eigenvalue weighted by Gasteiger charge is 2.32. The van der Waals surface area contributed by atoms with Crippen molar-refractivity contribution in [3.8, 4) is 5.75 Å². The summed E-state index contributed by atoms with van der Waals surface area (Å²) in [5.41, 5.74) is 0.910. The molecule has 4 nitrogen and oxygen atoms in total. The number of benzene rings is 1. The van der Waals surface area contributed by atoms with Crippen molar-refractivity contribution in [1.29, 1.82) is 5.41 Å². The number of hydrogen-bond acceptors (Lipinski definition) is 4. The number of nitrogens with one attached hydrogen (secondary N) is 1. The van der Waals surface area contributed by atoms with Crippen LogP contribution in [-0.4, -0.2) is 23.7 Å². The molecule has 1 aromatic carbocycles. The van der Waals surface area contributed by atoms with E-state index in [9.17, 15) is 0 Å². The SMILES string of the molecule is CCOc1ccc(N2C(=S)C(=N)OC2C)cc1. The maximum Gasteiger partial charge on any atom is 0.244 e. The van der Waals surface area contributed by atoms with E-state index < -0.39 is 0 Å². The molecule has 1 aliphatic heterocycles. The molecule has 1 aliphatic rings. The monoisotopic (exact) mass is 250 g/mol. The maximum absolute atomic E-state index is 7.54. The Bertz CT molecular complexity index is 444. The highest BCUT2D eigenvalue weighted by atomic mass is 32.1. The molecule has 1 aromatic rings. The van der Waals surface area contributed by atoms with Crippen molar-refractivity contribution in [2.45, 2.75) is 20.1 Å². The summed E-state index contributed by atoms with van der Waals surface area (Å²) in [5.74, 6) is 0.881. The second kappa shape index (κ2) is 4.71. The van der Waals surface area contributed by atoms with Crippen LogP contribution in [0.1, 0.15) is 13.8 Å². The number of ether oxygens (including phenoxy) is 2. The van der Waals surface area contributed by atoms with E-state index in [-0.39, 0.29) is 12.1 Å². The van der Waals surface area contributed by atoms with E-state index in [0.717, 1.165) is 11.4 Å². The molecule has 1 fully saturated rings. The zero-order valence-electron chi connectivity index (χ0n) is 9.77. The summed E-state index contributed by atoms with van der Waals surface area (Å²) in [6.07, 6.45) is -0.229. The fourth-order valence-electron chi connectivity index (χ4n) is 1.75. The van der Waals surface area contributed by atoms with Gasteiger partial charge in [0.15, 0.2) is 11.2 Å². The van der Waals surface area contributed by atoms with Gasteiger partial charge in [-0.15, -0.1) is 0 Å². The third-order valence-corrected chi connectivity index (χ3v) is 2.87. The molecule has 0 radical (unpaired) electrons. The van der Waals surface area contributed by atoms with Crippen LogP contribution in [0.4, 0.5) is 5.69 Å². The molecule has 0 spiro atoms. The predicted octanol–water partition coefficient (Wildman–Crippen LogP) is 2.57. The molecule has 1 heterocycles. The molecule has 0 amide bonds. The maximum atomic E-state index is 7.54. The Balaban J connectivity index is 2.22. The van der Waals surface area contributed by atoms with Crippen LogP contribution in [0.15, 0.2) is 24.3 Å². The Hall–Kier alpha value is -1.62. The van der Waals surface area contributed by atoms with Crippen molar-refractivity contribution in [2.24, 2.45) is 0 Å². The highest BCUT2D eigenvalue weighted by molar-refractivity contribution is 7.82. The molecular formula is C12H14N2O2S. The summed E-state index contributed by atoms with van der Waals surface area (Å²) in [5, 5.41) is 7.54. The van der Waals surface area contributed by atoms with Gasteiger partial charge in [0.25, 0.3) is 0 Å². The number of hydrogen-bond donors (Lipinski definition) is 1. The van der Waals surface area contributed by atoms with Gasteiger partial charge >= 0.3 is 0 Å². The predicted molar refractivity (Wildman–Crippen MR) is 71.0 cm³/mol. The van der Waals surface area contributed by atoms with E-state index in [1.54, 1.807) is 0 Å². The fraction of sp³-hybridized carbons (Fsp3) is 0.333. The van der Waals surface area contributed by atoms with E-state index in [0.29, 0.717) is 11.6 Å². The molecule has 17 heavy (non-hydrogen) atoms. The average Bonchev–Trinajstić information content (AvgIpc) is 2.55. The lowest BCUT2D eigenvalue weighted by atomic mass is 10.2. The van der Waals surface area contributed by atoms with Crippen LogP contribution >= 0.6 is 12.2 Å². The van der Waals surface area contributed by atoms with E-state index in [1.807, 2.05) is 43.0 Å². The van der Waals surface area contributed by atoms with Crippen molar-refractivity contribution in [3.05, 3.63) is 24.3 Å². The second-order valence-electron chi connectivity index (χ2n) is 3.65. The molecule has 0 saturated carbocycles. The Labute approximate surface area is 106 Å². The quantitative estimate of drug-likeness (QED) is 0.837. The van der Waals surface area contributed by atoms with Gasteiger partial charge in [-0.05, 0) is 38.1 Å². The number of thiocarbonyl (C=S) groups is 1. The van der Waals surface area contributed by atoms with Crippen molar-refractivity contribution >= 4 is 28.8 Å². The van der Waals surface area contributed by atoms with Gasteiger partial charge in [-0.1, -0.05) is 12.2 Å². The third-order valence-electron chi connectivity index (χ3n) is 2.49. The van der Waals surface area contributed by atoms with Gasteiger partial charge in [0, 0.05) is 5.69 Å². The first-order chi connectivity index (χ1) is 8.13. The second-order valence-corrected chi connectivity index (χ2v) is 4.04. The summed E-state index contributed by atoms with van der Waals surface area (Å²) in [7, 11) is 0. The van der Waals surface area contributed by atoms with Crippen LogP contribution in [-0.2, 0) is 4.74 Å². The molecule has 90 valence electrons. The zero-order chi connectivity index (χ0) is 12.4. The van der Waals surface area contributed by atoms with Crippen molar-refractivity contribution in [2.75, 3.05) is 11.5 Å². The van der Waals surface area contributed by atoms with Gasteiger partial charge in [0.2, 0.25) is 5.90 Å². The van der Waals surface area contributed by atoms with Crippen LogP contribution in [0.2, 0.25) is 0 Å². The van der Waals surface area contributed by atoms with E-state index in [2.05, 4.69) is 0 Å². The molecule has 5 heteroatoms. The summed E-state index contributed by atoms with van der Waals surface area (Å²) in [6.45, 7) is 4.46. The van der Waals surface area contributed by atoms with Gasteiger partial charge in [0.1, 0.15) is 5.75 Å². The van der Waals surface area contributed by atoms with Gasteiger partial charge in [-0.25, -0.2) is 0 Å². The minimum Gasteiger partial charge on any atom is -0.494 e. The molecule has 1 unspecified atom stereocenters. The number of anilines is 1. The summed E-state index contributed by atoms with van der Waals surface area (Å²) in [6, 6.07) is 7.59. The summed E-state index contributed by atoms with van der Waals surface area (Å²) < 4.78 is 10.6. The Kier molecular flexibility index (Phi) is 3.28. The standard InChI is InChI=1S/C12H14N2O2S/c1-3-15-10-6-4-9(5-7-10)14-8(2)16-11(13)12(14)17/h4-8,13H,3H2,1-2H3. The van der Waals surface area contributed by atoms with E-state index in [1.165, 1.54) is 0 Å². The lowest BCUT2D eigenvalue weighted by molar-refractivity contribution is 0.240. The fourth-order valence-corrected chi connectivity index (χ4v) is 2.05. The van der Waals surface area contributed by atoms with Gasteiger partial charge in [-0.3, -0.25) is 10.3 Å². The molecule has 1 saturated heterocycles. The summed E-state index contributed by atoms with van der Waals surface area (Å²) >= 11 is 5.15. The molecule has 0 bridgehead atoms. The average molecular weight is 250 g/mol. The molecular weight excluding hydrogens is 236 g/mol. The van der Waals surface area contributed by atoms with Crippen molar-refractivity contribution in [3.63, 3.8) is 0 Å². The van der Waals surface area contributed by atoms with E-state index in [4.69, 9.17) is 27.1 Å². The lowest BCUT2D eigenvalue weighted by Gasteiger charge is -2.20. The minimum atomic E-state index is -0.229. The number of rotatable bonds is 3. The smallest absolute Gasteiger partial charge is 0.244 e. The highest BCUT2D eigenvalue weighted by Crippen LogP contribution is 2.26. The Morgan fingerprint density at radius 3 is 2.53 bits per heavy atom. The minimum absolute atomic E-state index is 0.0568. The molecule has 2 rings (SSSR count). The van der Waals surface area contributed by atoms with Gasteiger partial charge in [-0.2, -0.15) is 0 Å². The van der Waals surface area contributed by atoms with Crippen LogP contribution in [0.25, 0.3) is 0 Å². The molecule has 1 N–H and O–H groups in total. The zero-order valence-corrected chi connectivity index (χ0v) is 10.6. The number of nitrogens with zero attached hydrogens (tertiary/aromatic N) is 1.